The molecule has 0 aliphatic rings. The highest BCUT2D eigenvalue weighted by molar-refractivity contribution is 9.10. The minimum atomic E-state index is -0.102. The first-order valence-corrected chi connectivity index (χ1v) is 8.34. The summed E-state index contributed by atoms with van der Waals surface area (Å²) < 4.78 is 12.1. The van der Waals surface area contributed by atoms with Crippen LogP contribution in [0.1, 0.15) is 51.6 Å². The zero-order chi connectivity index (χ0) is 15.9. The number of hydrogen-bond acceptors (Lipinski definition) is 3. The fourth-order valence-electron chi connectivity index (χ4n) is 2.25. The molecule has 1 aromatic rings. The van der Waals surface area contributed by atoms with Gasteiger partial charge in [0.2, 0.25) is 0 Å². The molecular formula is C17H28BrNO2. The second-order valence-electron chi connectivity index (χ2n) is 5.90. The molecule has 0 heterocycles. The summed E-state index contributed by atoms with van der Waals surface area (Å²) >= 11 is 3.50. The summed E-state index contributed by atoms with van der Waals surface area (Å²) in [5.41, 5.74) is 1.11. The fourth-order valence-corrected chi connectivity index (χ4v) is 2.59. The summed E-state index contributed by atoms with van der Waals surface area (Å²) in [4.78, 5) is 0. The van der Waals surface area contributed by atoms with E-state index in [-0.39, 0.29) is 11.6 Å². The molecule has 0 bridgehead atoms. The predicted octanol–water partition coefficient (Wildman–Crippen LogP) is 4.70. The average molecular weight is 358 g/mol. The minimum absolute atomic E-state index is 0.102. The van der Waals surface area contributed by atoms with Crippen molar-refractivity contribution in [3.05, 3.63) is 28.2 Å². The van der Waals surface area contributed by atoms with Crippen LogP contribution in [0.3, 0.4) is 0 Å². The zero-order valence-corrected chi connectivity index (χ0v) is 15.4. The third kappa shape index (κ3) is 5.97. The van der Waals surface area contributed by atoms with E-state index in [1.54, 1.807) is 14.2 Å². The third-order valence-electron chi connectivity index (χ3n) is 3.80. The molecule has 1 aromatic carbocycles. The summed E-state index contributed by atoms with van der Waals surface area (Å²) in [6.45, 7) is 7.44. The number of nitrogens with one attached hydrogen (secondary N) is 1. The lowest BCUT2D eigenvalue weighted by Crippen LogP contribution is -2.28. The van der Waals surface area contributed by atoms with Crippen molar-refractivity contribution < 1.29 is 9.47 Å². The second-order valence-corrected chi connectivity index (χ2v) is 6.81. The van der Waals surface area contributed by atoms with Crippen molar-refractivity contribution in [3.63, 3.8) is 0 Å². The summed E-state index contributed by atoms with van der Waals surface area (Å²) in [7, 11) is 3.50. The van der Waals surface area contributed by atoms with E-state index in [2.05, 4.69) is 54.2 Å². The number of halogens is 1. The maximum atomic E-state index is 5.54. The van der Waals surface area contributed by atoms with Gasteiger partial charge < -0.3 is 14.8 Å². The zero-order valence-electron chi connectivity index (χ0n) is 13.8. The Morgan fingerprint density at radius 1 is 1.29 bits per heavy atom. The minimum Gasteiger partial charge on any atom is -0.496 e. The Morgan fingerprint density at radius 2 is 2.00 bits per heavy atom. The summed E-state index contributed by atoms with van der Waals surface area (Å²) in [5.74, 6) is 0.924. The van der Waals surface area contributed by atoms with E-state index in [4.69, 9.17) is 9.47 Å². The highest BCUT2D eigenvalue weighted by atomic mass is 79.9. The molecule has 1 rings (SSSR count). The lowest BCUT2D eigenvalue weighted by molar-refractivity contribution is 0.0116. The van der Waals surface area contributed by atoms with Crippen LogP contribution in [0.5, 0.6) is 5.75 Å². The molecule has 0 saturated heterocycles. The normalized spacial score (nSPS) is 13.2. The van der Waals surface area contributed by atoms with Gasteiger partial charge in [0.05, 0.1) is 12.7 Å². The van der Waals surface area contributed by atoms with Crippen LogP contribution in [0, 0.1) is 0 Å². The summed E-state index contributed by atoms with van der Waals surface area (Å²) in [5, 5.41) is 3.63. The number of ether oxygens (including phenoxy) is 2. The van der Waals surface area contributed by atoms with Gasteiger partial charge in [0.1, 0.15) is 5.75 Å². The summed E-state index contributed by atoms with van der Waals surface area (Å²) in [6, 6.07) is 6.51. The topological polar surface area (TPSA) is 30.5 Å². The molecule has 0 aliphatic heterocycles. The Bertz CT molecular complexity index is 435. The lowest BCUT2D eigenvalue weighted by Gasteiger charge is -2.27. The molecule has 0 saturated carbocycles. The lowest BCUT2D eigenvalue weighted by atomic mass is 9.94. The molecule has 0 amide bonds. The SMILES string of the molecule is CCCNC(CCC(C)(C)OC)c1ccc(Br)cc1OC. The van der Waals surface area contributed by atoms with E-state index in [0.717, 1.165) is 36.0 Å². The molecule has 0 fully saturated rings. The smallest absolute Gasteiger partial charge is 0.124 e. The molecule has 1 atom stereocenters. The van der Waals surface area contributed by atoms with Crippen molar-refractivity contribution in [3.8, 4) is 5.75 Å². The Morgan fingerprint density at radius 3 is 2.57 bits per heavy atom. The highest BCUT2D eigenvalue weighted by Gasteiger charge is 2.22. The molecule has 21 heavy (non-hydrogen) atoms. The van der Waals surface area contributed by atoms with Gasteiger partial charge in [-0.3, -0.25) is 0 Å². The van der Waals surface area contributed by atoms with Crippen LogP contribution in [0.2, 0.25) is 0 Å². The van der Waals surface area contributed by atoms with Crippen molar-refractivity contribution in [2.45, 2.75) is 51.7 Å². The number of benzene rings is 1. The van der Waals surface area contributed by atoms with Crippen LogP contribution in [-0.2, 0) is 4.74 Å². The molecular weight excluding hydrogens is 330 g/mol. The molecule has 0 spiro atoms. The molecule has 0 radical (unpaired) electrons. The maximum Gasteiger partial charge on any atom is 0.124 e. The van der Waals surface area contributed by atoms with Crippen molar-refractivity contribution >= 4 is 15.9 Å². The Kier molecular flexibility index (Phi) is 7.71. The van der Waals surface area contributed by atoms with Gasteiger partial charge in [0.15, 0.2) is 0 Å². The maximum absolute atomic E-state index is 5.54. The number of hydrogen-bond donors (Lipinski definition) is 1. The first-order valence-electron chi connectivity index (χ1n) is 7.55. The molecule has 120 valence electrons. The van der Waals surface area contributed by atoms with E-state index >= 15 is 0 Å². The number of methoxy groups -OCH3 is 2. The van der Waals surface area contributed by atoms with Crippen molar-refractivity contribution in [2.24, 2.45) is 0 Å². The fraction of sp³-hybridized carbons (Fsp3) is 0.647. The largest absolute Gasteiger partial charge is 0.496 e. The van der Waals surface area contributed by atoms with Crippen molar-refractivity contribution in [1.29, 1.82) is 0 Å². The average Bonchev–Trinajstić information content (AvgIpc) is 2.47. The van der Waals surface area contributed by atoms with Gasteiger partial charge >= 0.3 is 0 Å². The Hall–Kier alpha value is -0.580. The monoisotopic (exact) mass is 357 g/mol. The number of rotatable bonds is 9. The van der Waals surface area contributed by atoms with Crippen LogP contribution >= 0.6 is 15.9 Å². The van der Waals surface area contributed by atoms with Gasteiger partial charge in [0, 0.05) is 23.2 Å². The van der Waals surface area contributed by atoms with Gasteiger partial charge in [-0.15, -0.1) is 0 Å². The van der Waals surface area contributed by atoms with Crippen molar-refractivity contribution in [1.82, 2.24) is 5.32 Å². The Balaban J connectivity index is 2.91. The molecule has 0 aromatic heterocycles. The third-order valence-corrected chi connectivity index (χ3v) is 4.29. The quantitative estimate of drug-likeness (QED) is 0.694. The van der Waals surface area contributed by atoms with Gasteiger partial charge in [-0.2, -0.15) is 0 Å². The van der Waals surface area contributed by atoms with Crippen LogP contribution in [0.15, 0.2) is 22.7 Å². The van der Waals surface area contributed by atoms with E-state index in [0.29, 0.717) is 0 Å². The van der Waals surface area contributed by atoms with Gasteiger partial charge in [0.25, 0.3) is 0 Å². The Labute approximate surface area is 137 Å². The first kappa shape index (κ1) is 18.5. The van der Waals surface area contributed by atoms with Crippen LogP contribution < -0.4 is 10.1 Å². The van der Waals surface area contributed by atoms with E-state index < -0.39 is 0 Å². The van der Waals surface area contributed by atoms with E-state index in [1.165, 1.54) is 5.56 Å². The van der Waals surface area contributed by atoms with Crippen LogP contribution in [-0.4, -0.2) is 26.4 Å². The van der Waals surface area contributed by atoms with E-state index in [9.17, 15) is 0 Å². The molecule has 3 nitrogen and oxygen atoms in total. The van der Waals surface area contributed by atoms with Gasteiger partial charge in [-0.1, -0.05) is 28.9 Å². The molecule has 4 heteroatoms. The van der Waals surface area contributed by atoms with E-state index in [1.807, 2.05) is 6.07 Å². The molecule has 0 aliphatic carbocycles. The highest BCUT2D eigenvalue weighted by Crippen LogP contribution is 2.32. The first-order chi connectivity index (χ1) is 9.93. The summed E-state index contributed by atoms with van der Waals surface area (Å²) in [6.07, 6.45) is 3.12. The molecule has 1 N–H and O–H groups in total. The van der Waals surface area contributed by atoms with Crippen LogP contribution in [0.4, 0.5) is 0 Å². The molecule has 1 unspecified atom stereocenters. The standard InChI is InChI=1S/C17H28BrNO2/c1-6-11-19-15(9-10-17(2,3)21-5)14-8-7-13(18)12-16(14)20-4/h7-8,12,15,19H,6,9-11H2,1-5H3. The van der Waals surface area contributed by atoms with Gasteiger partial charge in [-0.25, -0.2) is 0 Å². The van der Waals surface area contributed by atoms with Gasteiger partial charge in [-0.05, 0) is 51.8 Å². The second kappa shape index (κ2) is 8.76. The van der Waals surface area contributed by atoms with Crippen molar-refractivity contribution in [2.75, 3.05) is 20.8 Å². The predicted molar refractivity (Wildman–Crippen MR) is 92.1 cm³/mol. The van der Waals surface area contributed by atoms with Crippen LogP contribution in [0.25, 0.3) is 0 Å².